The maximum absolute atomic E-state index is 13.4. The number of carbonyl (C=O) groups excluding carboxylic acids is 2. The first kappa shape index (κ1) is 59.5. The summed E-state index contributed by atoms with van der Waals surface area (Å²) in [5, 5.41) is 3.00. The molecule has 0 aromatic heterocycles. The van der Waals surface area contributed by atoms with Crippen molar-refractivity contribution in [2.75, 3.05) is 40.9 Å². The number of nitrogens with one attached hydrogen (secondary N) is 1. The Morgan fingerprint density at radius 2 is 0.951 bits per heavy atom. The smallest absolute Gasteiger partial charge is 0.306 e. The van der Waals surface area contributed by atoms with Crippen molar-refractivity contribution in [2.24, 2.45) is 0 Å². The third kappa shape index (κ3) is 43.5. The molecule has 0 bridgehead atoms. The molecular formula is C51H99N2O7P. The van der Waals surface area contributed by atoms with Gasteiger partial charge in [-0.15, -0.1) is 0 Å². The second-order valence-corrected chi connectivity index (χ2v) is 20.1. The molecule has 0 heterocycles. The number of phosphoric ester groups is 1. The van der Waals surface area contributed by atoms with E-state index in [1.165, 1.54) is 135 Å². The van der Waals surface area contributed by atoms with Gasteiger partial charge < -0.3 is 28.5 Å². The first-order valence-electron chi connectivity index (χ1n) is 25.6. The van der Waals surface area contributed by atoms with Crippen molar-refractivity contribution in [1.29, 1.82) is 0 Å². The van der Waals surface area contributed by atoms with E-state index in [4.69, 9.17) is 13.8 Å². The molecule has 0 aliphatic rings. The molecule has 360 valence electrons. The van der Waals surface area contributed by atoms with Crippen molar-refractivity contribution in [2.45, 2.75) is 251 Å². The van der Waals surface area contributed by atoms with Crippen molar-refractivity contribution in [3.63, 3.8) is 0 Å². The number of phosphoric acid groups is 1. The van der Waals surface area contributed by atoms with E-state index in [0.717, 1.165) is 64.2 Å². The van der Waals surface area contributed by atoms with E-state index in [-0.39, 0.29) is 31.5 Å². The molecule has 61 heavy (non-hydrogen) atoms. The fraction of sp³-hybridized carbons (Fsp3) is 0.882. The van der Waals surface area contributed by atoms with E-state index in [1.54, 1.807) is 0 Å². The van der Waals surface area contributed by atoms with E-state index < -0.39 is 20.0 Å². The molecule has 10 heteroatoms. The van der Waals surface area contributed by atoms with Gasteiger partial charge in [0.25, 0.3) is 7.82 Å². The fourth-order valence-corrected chi connectivity index (χ4v) is 8.06. The average molecular weight is 883 g/mol. The summed E-state index contributed by atoms with van der Waals surface area (Å²) in [6.07, 6.45) is 45.7. The number of likely N-dealkylation sites (N-methyl/N-ethyl adjacent to an activating group) is 1. The lowest BCUT2D eigenvalue weighted by Crippen LogP contribution is -2.47. The predicted octanol–water partition coefficient (Wildman–Crippen LogP) is 14.0. The average Bonchev–Trinajstić information content (AvgIpc) is 3.21. The number of esters is 1. The molecule has 9 nitrogen and oxygen atoms in total. The SMILES string of the molecule is CCCCCCCC/C=C\CCCCCC(=O)OC(/C=C/CCCCCCCCCCC)C(COP(=O)([O-])OCC[N+](C)(C)C)NC(=O)CCCCCCCCCCCCC. The first-order valence-corrected chi connectivity index (χ1v) is 27.1. The summed E-state index contributed by atoms with van der Waals surface area (Å²) in [6.45, 7) is 6.80. The predicted molar refractivity (Wildman–Crippen MR) is 257 cm³/mol. The summed E-state index contributed by atoms with van der Waals surface area (Å²) < 4.78 is 30.0. The van der Waals surface area contributed by atoms with Crippen LogP contribution in [-0.2, 0) is 27.9 Å². The zero-order valence-electron chi connectivity index (χ0n) is 40.9. The van der Waals surface area contributed by atoms with Gasteiger partial charge in [-0.2, -0.15) is 0 Å². The number of ether oxygens (including phenoxy) is 1. The van der Waals surface area contributed by atoms with E-state index in [0.29, 0.717) is 23.9 Å². The van der Waals surface area contributed by atoms with Gasteiger partial charge in [-0.1, -0.05) is 193 Å². The monoisotopic (exact) mass is 883 g/mol. The standard InChI is InChI=1S/C51H99N2O7P/c1-7-10-13-16-19-22-25-26-29-32-35-38-41-44-51(55)60-49(42-39-36-33-30-27-23-20-17-14-11-8-2)48(47-59-61(56,57)58-46-45-53(4,5)6)52-50(54)43-40-37-34-31-28-24-21-18-15-12-9-3/h26,29,39,42,48-49H,7-25,27-28,30-38,40-41,43-47H2,1-6H3,(H-,52,54,56,57)/b29-26-,42-39+. The normalized spacial score (nSPS) is 14.1. The highest BCUT2D eigenvalue weighted by Crippen LogP contribution is 2.38. The fourth-order valence-electron chi connectivity index (χ4n) is 7.34. The number of hydrogen-bond acceptors (Lipinski definition) is 7. The number of hydrogen-bond donors (Lipinski definition) is 1. The molecule has 0 saturated carbocycles. The van der Waals surface area contributed by atoms with Gasteiger partial charge in [0, 0.05) is 12.8 Å². The molecule has 0 radical (unpaired) electrons. The van der Waals surface area contributed by atoms with Crippen molar-refractivity contribution < 1.29 is 37.3 Å². The Labute approximate surface area is 377 Å². The van der Waals surface area contributed by atoms with Crippen LogP contribution in [-0.4, -0.2) is 69.4 Å². The van der Waals surface area contributed by atoms with Gasteiger partial charge in [0.15, 0.2) is 0 Å². The minimum atomic E-state index is -4.68. The molecule has 1 N–H and O–H groups in total. The quantitative estimate of drug-likeness (QED) is 0.0213. The number of allylic oxidation sites excluding steroid dienone is 3. The van der Waals surface area contributed by atoms with Crippen LogP contribution >= 0.6 is 7.82 Å². The third-order valence-electron chi connectivity index (χ3n) is 11.4. The molecule has 0 aliphatic heterocycles. The van der Waals surface area contributed by atoms with Crippen LogP contribution < -0.4 is 10.2 Å². The minimum absolute atomic E-state index is 0.0217. The van der Waals surface area contributed by atoms with Crippen molar-refractivity contribution >= 4 is 19.7 Å². The Kier molecular flexibility index (Phi) is 41.4. The highest BCUT2D eigenvalue weighted by molar-refractivity contribution is 7.45. The van der Waals surface area contributed by atoms with Gasteiger partial charge in [-0.25, -0.2) is 0 Å². The Morgan fingerprint density at radius 1 is 0.557 bits per heavy atom. The zero-order chi connectivity index (χ0) is 45.1. The Morgan fingerprint density at radius 3 is 1.41 bits per heavy atom. The number of quaternary nitrogens is 1. The van der Waals surface area contributed by atoms with E-state index in [9.17, 15) is 19.0 Å². The first-order chi connectivity index (χ1) is 29.4. The molecule has 0 aromatic carbocycles. The Bertz CT molecular complexity index is 1110. The lowest BCUT2D eigenvalue weighted by molar-refractivity contribution is -0.870. The van der Waals surface area contributed by atoms with Crippen LogP contribution in [0.1, 0.15) is 239 Å². The van der Waals surface area contributed by atoms with Crippen molar-refractivity contribution in [3.05, 3.63) is 24.3 Å². The number of rotatable bonds is 46. The second-order valence-electron chi connectivity index (χ2n) is 18.7. The summed E-state index contributed by atoms with van der Waals surface area (Å²) in [5.74, 6) is -0.556. The zero-order valence-corrected chi connectivity index (χ0v) is 41.8. The van der Waals surface area contributed by atoms with Gasteiger partial charge in [0.2, 0.25) is 5.91 Å². The number of amides is 1. The Hall–Kier alpha value is -1.51. The molecule has 0 aliphatic carbocycles. The van der Waals surface area contributed by atoms with E-state index in [1.807, 2.05) is 33.3 Å². The molecule has 3 atom stereocenters. The van der Waals surface area contributed by atoms with E-state index in [2.05, 4.69) is 38.2 Å². The largest absolute Gasteiger partial charge is 0.756 e. The van der Waals surface area contributed by atoms with Crippen molar-refractivity contribution in [3.8, 4) is 0 Å². The molecule has 1 amide bonds. The number of nitrogens with zero attached hydrogens (tertiary/aromatic N) is 1. The van der Waals surface area contributed by atoms with Gasteiger partial charge in [-0.3, -0.25) is 14.2 Å². The highest BCUT2D eigenvalue weighted by Gasteiger charge is 2.27. The summed E-state index contributed by atoms with van der Waals surface area (Å²) in [6, 6.07) is -0.885. The lowest BCUT2D eigenvalue weighted by atomic mass is 10.0. The van der Waals surface area contributed by atoms with Gasteiger partial charge in [-0.05, 0) is 57.4 Å². The van der Waals surface area contributed by atoms with Gasteiger partial charge in [0.05, 0.1) is 33.8 Å². The molecule has 0 spiro atoms. The van der Waals surface area contributed by atoms with Crippen LogP contribution in [0, 0.1) is 0 Å². The van der Waals surface area contributed by atoms with Crippen LogP contribution in [0.3, 0.4) is 0 Å². The maximum atomic E-state index is 13.4. The lowest BCUT2D eigenvalue weighted by Gasteiger charge is -2.30. The van der Waals surface area contributed by atoms with Crippen LogP contribution in [0.15, 0.2) is 24.3 Å². The summed E-state index contributed by atoms with van der Waals surface area (Å²) in [7, 11) is 1.18. The minimum Gasteiger partial charge on any atom is -0.756 e. The topological polar surface area (TPSA) is 114 Å². The molecule has 0 aromatic rings. The molecule has 3 unspecified atom stereocenters. The molecule has 0 saturated heterocycles. The van der Waals surface area contributed by atoms with Crippen LogP contribution in [0.25, 0.3) is 0 Å². The molecule has 0 fully saturated rings. The molecular weight excluding hydrogens is 784 g/mol. The second kappa shape index (κ2) is 42.4. The van der Waals surface area contributed by atoms with Crippen LogP contribution in [0.2, 0.25) is 0 Å². The molecule has 0 rings (SSSR count). The van der Waals surface area contributed by atoms with Gasteiger partial charge >= 0.3 is 5.97 Å². The number of unbranched alkanes of at least 4 members (excludes halogenated alkanes) is 28. The summed E-state index contributed by atoms with van der Waals surface area (Å²) in [4.78, 5) is 39.5. The van der Waals surface area contributed by atoms with E-state index >= 15 is 0 Å². The van der Waals surface area contributed by atoms with Gasteiger partial charge in [0.1, 0.15) is 19.3 Å². The highest BCUT2D eigenvalue weighted by atomic mass is 31.2. The Balaban J connectivity index is 5.45. The van der Waals surface area contributed by atoms with Crippen LogP contribution in [0.5, 0.6) is 0 Å². The maximum Gasteiger partial charge on any atom is 0.306 e. The summed E-state index contributed by atoms with van der Waals surface area (Å²) in [5.41, 5.74) is 0. The third-order valence-corrected chi connectivity index (χ3v) is 12.3. The van der Waals surface area contributed by atoms with Crippen molar-refractivity contribution in [1.82, 2.24) is 5.32 Å². The summed E-state index contributed by atoms with van der Waals surface area (Å²) >= 11 is 0. The van der Waals surface area contributed by atoms with Crippen LogP contribution in [0.4, 0.5) is 0 Å². The number of carbonyl (C=O) groups is 2.